The van der Waals surface area contributed by atoms with E-state index in [0.29, 0.717) is 0 Å². The monoisotopic (exact) mass is 765 g/mol. The van der Waals surface area contributed by atoms with E-state index in [9.17, 15) is 0 Å². The van der Waals surface area contributed by atoms with Crippen LogP contribution in [0.5, 0.6) is 0 Å². The zero-order valence-corrected chi connectivity index (χ0v) is 33.8. The van der Waals surface area contributed by atoms with Crippen LogP contribution in [0.4, 0.5) is 17.1 Å². The highest BCUT2D eigenvalue weighted by atomic mass is 15.1. The van der Waals surface area contributed by atoms with Gasteiger partial charge in [-0.25, -0.2) is 0 Å². The molecule has 0 bridgehead atoms. The van der Waals surface area contributed by atoms with E-state index in [1.165, 1.54) is 88.3 Å². The normalized spacial score (nSPS) is 12.6. The smallest absolute Gasteiger partial charge is 0.0468 e. The zero-order chi connectivity index (χ0) is 40.2. The third kappa shape index (κ3) is 6.10. The van der Waals surface area contributed by atoms with Crippen LogP contribution >= 0.6 is 0 Å². The number of nitrogens with zero attached hydrogens (tertiary/aromatic N) is 1. The SMILES string of the molecule is CC1(C)c2ccccc2-c2c(-c3ccc4cc(N(c5ccc(-c6ccc(-c7ccccc7)cc6)cc5)c5ccc(-c6cccc7ccccc67)cc5)ccc4c3)cccc21. The van der Waals surface area contributed by atoms with Crippen molar-refractivity contribution < 1.29 is 0 Å². The van der Waals surface area contributed by atoms with Crippen LogP contribution in [0.15, 0.2) is 224 Å². The molecule has 0 fully saturated rings. The van der Waals surface area contributed by atoms with E-state index >= 15 is 0 Å². The van der Waals surface area contributed by atoms with Gasteiger partial charge in [0.05, 0.1) is 0 Å². The second-order valence-corrected chi connectivity index (χ2v) is 16.5. The van der Waals surface area contributed by atoms with Crippen molar-refractivity contribution in [1.82, 2.24) is 0 Å². The van der Waals surface area contributed by atoms with Crippen molar-refractivity contribution >= 4 is 38.6 Å². The Balaban J connectivity index is 0.975. The number of fused-ring (bicyclic) bond motifs is 5. The highest BCUT2D eigenvalue weighted by Crippen LogP contribution is 2.52. The first kappa shape index (κ1) is 35.7. The van der Waals surface area contributed by atoms with E-state index in [0.717, 1.165) is 17.1 Å². The molecule has 0 heterocycles. The van der Waals surface area contributed by atoms with Gasteiger partial charge in [0.1, 0.15) is 0 Å². The van der Waals surface area contributed by atoms with Crippen LogP contribution in [0.3, 0.4) is 0 Å². The molecular formula is C59H43N. The van der Waals surface area contributed by atoms with Gasteiger partial charge in [-0.05, 0) is 131 Å². The van der Waals surface area contributed by atoms with Crippen molar-refractivity contribution in [2.24, 2.45) is 0 Å². The lowest BCUT2D eigenvalue weighted by Gasteiger charge is -2.26. The van der Waals surface area contributed by atoms with Crippen LogP contribution in [-0.2, 0) is 5.41 Å². The fraction of sp³-hybridized carbons (Fsp3) is 0.0508. The van der Waals surface area contributed by atoms with Gasteiger partial charge in [-0.3, -0.25) is 0 Å². The minimum Gasteiger partial charge on any atom is -0.310 e. The molecule has 1 nitrogen and oxygen atoms in total. The molecule has 0 atom stereocenters. The van der Waals surface area contributed by atoms with Crippen LogP contribution in [0.25, 0.3) is 77.2 Å². The van der Waals surface area contributed by atoms with E-state index < -0.39 is 0 Å². The number of benzene rings is 10. The Morgan fingerprint density at radius 1 is 0.300 bits per heavy atom. The average molecular weight is 766 g/mol. The quantitative estimate of drug-likeness (QED) is 0.156. The molecule has 0 radical (unpaired) electrons. The molecule has 1 aliphatic rings. The molecule has 0 spiro atoms. The molecule has 0 aliphatic heterocycles. The van der Waals surface area contributed by atoms with Crippen LogP contribution in [0.2, 0.25) is 0 Å². The predicted molar refractivity (Wildman–Crippen MR) is 255 cm³/mol. The molecule has 0 aromatic heterocycles. The van der Waals surface area contributed by atoms with Gasteiger partial charge in [-0.1, -0.05) is 196 Å². The van der Waals surface area contributed by atoms with E-state index in [1.54, 1.807) is 0 Å². The highest BCUT2D eigenvalue weighted by molar-refractivity contribution is 5.99. The lowest BCUT2D eigenvalue weighted by atomic mass is 9.82. The van der Waals surface area contributed by atoms with Gasteiger partial charge in [-0.15, -0.1) is 0 Å². The maximum Gasteiger partial charge on any atom is 0.0468 e. The Labute approximate surface area is 352 Å². The maximum atomic E-state index is 2.38. The molecule has 0 saturated heterocycles. The van der Waals surface area contributed by atoms with Crippen LogP contribution in [0.1, 0.15) is 25.0 Å². The van der Waals surface area contributed by atoms with Gasteiger partial charge in [0, 0.05) is 22.5 Å². The van der Waals surface area contributed by atoms with E-state index in [4.69, 9.17) is 0 Å². The molecule has 11 rings (SSSR count). The first-order valence-electron chi connectivity index (χ1n) is 20.9. The number of hydrogen-bond donors (Lipinski definition) is 0. The van der Waals surface area contributed by atoms with Crippen molar-refractivity contribution in [2.45, 2.75) is 19.3 Å². The summed E-state index contributed by atoms with van der Waals surface area (Å²) in [5.41, 5.74) is 18.6. The summed E-state index contributed by atoms with van der Waals surface area (Å²) in [5, 5.41) is 4.94. The molecule has 0 saturated carbocycles. The maximum absolute atomic E-state index is 2.38. The van der Waals surface area contributed by atoms with Gasteiger partial charge in [0.2, 0.25) is 0 Å². The minimum atomic E-state index is -0.0323. The summed E-state index contributed by atoms with van der Waals surface area (Å²) in [5.74, 6) is 0. The van der Waals surface area contributed by atoms with E-state index in [-0.39, 0.29) is 5.41 Å². The Morgan fingerprint density at radius 2 is 0.783 bits per heavy atom. The lowest BCUT2D eigenvalue weighted by molar-refractivity contribution is 0.660. The molecular weight excluding hydrogens is 723 g/mol. The average Bonchev–Trinajstić information content (AvgIpc) is 3.55. The standard InChI is InChI=1S/C59H43N/c1-59(2)56-20-9-8-17-55(56)58-54(19-11-21-57(58)59)48-27-26-47-39-51(37-32-46(47)38-48)60(50-35-30-45(31-36-50)53-18-10-15-44-14-6-7-16-52(44)53)49-33-28-43(29-34-49)42-24-22-41(23-25-42)40-12-4-3-5-13-40/h3-39H,1-2H3. The van der Waals surface area contributed by atoms with Gasteiger partial charge in [0.25, 0.3) is 0 Å². The molecule has 60 heavy (non-hydrogen) atoms. The third-order valence-electron chi connectivity index (χ3n) is 12.7. The molecule has 0 unspecified atom stereocenters. The number of anilines is 3. The predicted octanol–water partition coefficient (Wildman–Crippen LogP) is 16.4. The number of rotatable bonds is 7. The highest BCUT2D eigenvalue weighted by Gasteiger charge is 2.36. The summed E-state index contributed by atoms with van der Waals surface area (Å²) in [7, 11) is 0. The van der Waals surface area contributed by atoms with Crippen LogP contribution in [-0.4, -0.2) is 0 Å². The fourth-order valence-corrected chi connectivity index (χ4v) is 9.54. The first-order chi connectivity index (χ1) is 29.5. The van der Waals surface area contributed by atoms with E-state index in [2.05, 4.69) is 243 Å². The lowest BCUT2D eigenvalue weighted by Crippen LogP contribution is -2.14. The Morgan fingerprint density at radius 3 is 1.53 bits per heavy atom. The topological polar surface area (TPSA) is 3.24 Å². The largest absolute Gasteiger partial charge is 0.310 e. The van der Waals surface area contributed by atoms with Gasteiger partial charge < -0.3 is 4.90 Å². The summed E-state index contributed by atoms with van der Waals surface area (Å²) in [4.78, 5) is 2.38. The Hall–Kier alpha value is -7.48. The third-order valence-corrected chi connectivity index (χ3v) is 12.7. The Kier molecular flexibility index (Phi) is 8.57. The van der Waals surface area contributed by atoms with Gasteiger partial charge in [0.15, 0.2) is 0 Å². The molecule has 10 aromatic carbocycles. The summed E-state index contributed by atoms with van der Waals surface area (Å²) in [6, 6.07) is 82.3. The summed E-state index contributed by atoms with van der Waals surface area (Å²) in [6.45, 7) is 4.70. The van der Waals surface area contributed by atoms with Crippen LogP contribution in [0, 0.1) is 0 Å². The van der Waals surface area contributed by atoms with Crippen molar-refractivity contribution in [2.75, 3.05) is 4.90 Å². The molecule has 0 amide bonds. The second kappa shape index (κ2) is 14.4. The Bertz CT molecular complexity index is 3190. The van der Waals surface area contributed by atoms with Crippen LogP contribution < -0.4 is 4.90 Å². The van der Waals surface area contributed by atoms with Crippen molar-refractivity contribution in [3.8, 4) is 55.6 Å². The number of hydrogen-bond acceptors (Lipinski definition) is 1. The van der Waals surface area contributed by atoms with Crippen molar-refractivity contribution in [3.05, 3.63) is 236 Å². The van der Waals surface area contributed by atoms with Gasteiger partial charge in [-0.2, -0.15) is 0 Å². The van der Waals surface area contributed by atoms with Crippen molar-refractivity contribution in [3.63, 3.8) is 0 Å². The van der Waals surface area contributed by atoms with Crippen molar-refractivity contribution in [1.29, 1.82) is 0 Å². The fourth-order valence-electron chi connectivity index (χ4n) is 9.54. The van der Waals surface area contributed by atoms with E-state index in [1.807, 2.05) is 0 Å². The second-order valence-electron chi connectivity index (χ2n) is 16.5. The molecule has 0 N–H and O–H groups in total. The zero-order valence-electron chi connectivity index (χ0n) is 33.8. The molecule has 1 heteroatoms. The summed E-state index contributed by atoms with van der Waals surface area (Å²) in [6.07, 6.45) is 0. The summed E-state index contributed by atoms with van der Waals surface area (Å²) < 4.78 is 0. The van der Waals surface area contributed by atoms with Gasteiger partial charge >= 0.3 is 0 Å². The molecule has 10 aromatic rings. The molecule has 284 valence electrons. The first-order valence-corrected chi connectivity index (χ1v) is 20.9. The minimum absolute atomic E-state index is 0.0323. The summed E-state index contributed by atoms with van der Waals surface area (Å²) >= 11 is 0. The molecule has 1 aliphatic carbocycles.